The van der Waals surface area contributed by atoms with Gasteiger partial charge in [-0.25, -0.2) is 4.79 Å². The number of esters is 2. The van der Waals surface area contributed by atoms with Gasteiger partial charge in [-0.05, 0) is 42.9 Å². The van der Waals surface area contributed by atoms with Crippen molar-refractivity contribution in [3.05, 3.63) is 29.8 Å². The van der Waals surface area contributed by atoms with Crippen LogP contribution in [-0.4, -0.2) is 30.8 Å². The van der Waals surface area contributed by atoms with Gasteiger partial charge >= 0.3 is 11.9 Å². The maximum absolute atomic E-state index is 12.1. The Balaban J connectivity index is 1.29. The maximum Gasteiger partial charge on any atom is 0.344 e. The van der Waals surface area contributed by atoms with Crippen LogP contribution >= 0.6 is 0 Å². The minimum atomic E-state index is -0.400. The first-order valence-electron chi connectivity index (χ1n) is 9.19. The molecule has 5 nitrogen and oxygen atoms in total. The molecule has 1 aromatic carbocycles. The first-order chi connectivity index (χ1) is 12.1. The van der Waals surface area contributed by atoms with E-state index in [2.05, 4.69) is 13.8 Å². The molecule has 6 atom stereocenters. The summed E-state index contributed by atoms with van der Waals surface area (Å²) in [5.74, 6) is 1.18. The number of fused-ring (bicyclic) bond motifs is 1. The molecule has 0 N–H and O–H groups in total. The van der Waals surface area contributed by atoms with Crippen LogP contribution in [0.25, 0.3) is 0 Å². The van der Waals surface area contributed by atoms with Crippen molar-refractivity contribution in [3.8, 4) is 5.75 Å². The van der Waals surface area contributed by atoms with Crippen LogP contribution in [0.5, 0.6) is 5.75 Å². The summed E-state index contributed by atoms with van der Waals surface area (Å²) in [5, 5.41) is 0. The van der Waals surface area contributed by atoms with Crippen LogP contribution in [0.2, 0.25) is 0 Å². The molecule has 4 rings (SSSR count). The van der Waals surface area contributed by atoms with Crippen molar-refractivity contribution in [2.75, 3.05) is 6.61 Å². The molecule has 25 heavy (non-hydrogen) atoms. The molecule has 3 fully saturated rings. The number of rotatable bonds is 6. The molecule has 0 spiro atoms. The van der Waals surface area contributed by atoms with E-state index in [1.54, 1.807) is 0 Å². The molecular formula is C20H24O5. The normalized spacial score (nSPS) is 33.2. The van der Waals surface area contributed by atoms with Crippen LogP contribution in [0.3, 0.4) is 0 Å². The third-order valence-corrected chi connectivity index (χ3v) is 6.10. The van der Waals surface area contributed by atoms with Crippen LogP contribution in [0.1, 0.15) is 44.6 Å². The Morgan fingerprint density at radius 2 is 2.04 bits per heavy atom. The predicted octanol–water partition coefficient (Wildman–Crippen LogP) is 3.07. The fourth-order valence-corrected chi connectivity index (χ4v) is 4.52. The zero-order valence-electron chi connectivity index (χ0n) is 14.6. The lowest BCUT2D eigenvalue weighted by Gasteiger charge is -2.25. The van der Waals surface area contributed by atoms with E-state index in [1.165, 1.54) is 5.56 Å². The molecule has 3 aliphatic rings. The number of hydrogen-bond acceptors (Lipinski definition) is 5. The molecule has 1 aliphatic heterocycles. The second-order valence-electron chi connectivity index (χ2n) is 7.52. The highest BCUT2D eigenvalue weighted by Crippen LogP contribution is 2.55. The highest BCUT2D eigenvalue weighted by atomic mass is 16.6. The molecular weight excluding hydrogens is 320 g/mol. The zero-order chi connectivity index (χ0) is 17.6. The molecule has 134 valence electrons. The van der Waals surface area contributed by atoms with Gasteiger partial charge in [-0.15, -0.1) is 0 Å². The van der Waals surface area contributed by atoms with E-state index >= 15 is 0 Å². The lowest BCUT2D eigenvalue weighted by Crippen LogP contribution is -2.37. The van der Waals surface area contributed by atoms with E-state index in [1.807, 2.05) is 24.3 Å². The Bertz CT molecular complexity index is 667. The van der Waals surface area contributed by atoms with Crippen LogP contribution in [0.15, 0.2) is 24.3 Å². The number of carbonyl (C=O) groups is 2. The Kier molecular flexibility index (Phi) is 4.18. The van der Waals surface area contributed by atoms with Crippen molar-refractivity contribution >= 4 is 11.9 Å². The molecule has 2 saturated carbocycles. The van der Waals surface area contributed by atoms with Crippen molar-refractivity contribution < 1.29 is 23.8 Å². The van der Waals surface area contributed by atoms with Gasteiger partial charge < -0.3 is 14.2 Å². The summed E-state index contributed by atoms with van der Waals surface area (Å²) < 4.78 is 16.5. The summed E-state index contributed by atoms with van der Waals surface area (Å²) in [6.07, 6.45) is 2.27. The molecule has 0 aromatic heterocycles. The number of carbonyl (C=O) groups excluding carboxylic acids is 2. The maximum atomic E-state index is 12.1. The zero-order valence-corrected chi connectivity index (χ0v) is 14.6. The monoisotopic (exact) mass is 344 g/mol. The smallest absolute Gasteiger partial charge is 0.344 e. The van der Waals surface area contributed by atoms with Crippen molar-refractivity contribution in [2.45, 2.75) is 51.2 Å². The third kappa shape index (κ3) is 2.90. The largest absolute Gasteiger partial charge is 0.482 e. The lowest BCUT2D eigenvalue weighted by atomic mass is 9.88. The van der Waals surface area contributed by atoms with E-state index in [0.29, 0.717) is 11.7 Å². The minimum absolute atomic E-state index is 0.0326. The predicted molar refractivity (Wildman–Crippen MR) is 90.1 cm³/mol. The Morgan fingerprint density at radius 3 is 2.76 bits per heavy atom. The number of ether oxygens (including phenoxy) is 3. The van der Waals surface area contributed by atoms with E-state index in [0.717, 1.165) is 19.3 Å². The second kappa shape index (κ2) is 6.36. The summed E-state index contributed by atoms with van der Waals surface area (Å²) in [7, 11) is 0. The molecule has 1 aromatic rings. The van der Waals surface area contributed by atoms with Gasteiger partial charge in [0.1, 0.15) is 18.0 Å². The number of benzene rings is 1. The number of hydrogen-bond donors (Lipinski definition) is 0. The van der Waals surface area contributed by atoms with Crippen LogP contribution in [0.4, 0.5) is 0 Å². The first-order valence-corrected chi connectivity index (χ1v) is 9.19. The Morgan fingerprint density at radius 1 is 1.28 bits per heavy atom. The summed E-state index contributed by atoms with van der Waals surface area (Å²) in [6.45, 7) is 4.22. The van der Waals surface area contributed by atoms with Crippen LogP contribution in [0, 0.1) is 17.8 Å². The summed E-state index contributed by atoms with van der Waals surface area (Å²) in [5.41, 5.74) is 1.26. The van der Waals surface area contributed by atoms with Crippen molar-refractivity contribution in [2.24, 2.45) is 17.8 Å². The van der Waals surface area contributed by atoms with Gasteiger partial charge in [0.2, 0.25) is 0 Å². The fourth-order valence-electron chi connectivity index (χ4n) is 4.52. The summed E-state index contributed by atoms with van der Waals surface area (Å²) >= 11 is 0. The molecule has 6 unspecified atom stereocenters. The lowest BCUT2D eigenvalue weighted by molar-refractivity contribution is -0.163. The molecule has 0 radical (unpaired) electrons. The summed E-state index contributed by atoms with van der Waals surface area (Å²) in [4.78, 5) is 23.9. The average molecular weight is 344 g/mol. The molecule has 2 aliphatic carbocycles. The SMILES string of the molecule is CCC(C)c1ccc(OCC(=O)OC2C3CC4C(=O)OC2C4C3)cc1. The second-order valence-corrected chi connectivity index (χ2v) is 7.52. The topological polar surface area (TPSA) is 61.8 Å². The van der Waals surface area contributed by atoms with Gasteiger partial charge in [-0.3, -0.25) is 4.79 Å². The molecule has 5 heteroatoms. The molecule has 0 amide bonds. The highest BCUT2D eigenvalue weighted by molar-refractivity contribution is 5.77. The van der Waals surface area contributed by atoms with Crippen LogP contribution < -0.4 is 4.74 Å². The van der Waals surface area contributed by atoms with Gasteiger partial charge in [0.25, 0.3) is 0 Å². The van der Waals surface area contributed by atoms with Gasteiger partial charge in [-0.1, -0.05) is 26.0 Å². The molecule has 2 bridgehead atoms. The van der Waals surface area contributed by atoms with Gasteiger partial charge in [0, 0.05) is 11.8 Å². The summed E-state index contributed by atoms with van der Waals surface area (Å²) in [6, 6.07) is 7.83. The van der Waals surface area contributed by atoms with Gasteiger partial charge in [-0.2, -0.15) is 0 Å². The van der Waals surface area contributed by atoms with E-state index in [-0.39, 0.29) is 42.5 Å². The Labute approximate surface area is 147 Å². The van der Waals surface area contributed by atoms with E-state index in [4.69, 9.17) is 14.2 Å². The van der Waals surface area contributed by atoms with Crippen molar-refractivity contribution in [1.82, 2.24) is 0 Å². The van der Waals surface area contributed by atoms with E-state index in [9.17, 15) is 9.59 Å². The van der Waals surface area contributed by atoms with Crippen molar-refractivity contribution in [1.29, 1.82) is 0 Å². The quantitative estimate of drug-likeness (QED) is 0.742. The first kappa shape index (κ1) is 16.4. The van der Waals surface area contributed by atoms with Crippen LogP contribution in [-0.2, 0) is 19.1 Å². The molecule has 1 heterocycles. The minimum Gasteiger partial charge on any atom is -0.482 e. The highest BCUT2D eigenvalue weighted by Gasteiger charge is 2.63. The fraction of sp³-hybridized carbons (Fsp3) is 0.600. The Hall–Kier alpha value is -2.04. The third-order valence-electron chi connectivity index (χ3n) is 6.10. The van der Waals surface area contributed by atoms with Gasteiger partial charge in [0.05, 0.1) is 5.92 Å². The van der Waals surface area contributed by atoms with Gasteiger partial charge in [0.15, 0.2) is 6.61 Å². The van der Waals surface area contributed by atoms with E-state index < -0.39 is 5.97 Å². The standard InChI is InChI=1S/C20H24O5/c1-3-11(2)12-4-6-14(7-5-12)23-10-17(21)24-18-13-8-15-16(9-13)20(22)25-19(15)18/h4-7,11,13,15-16,18-19H,3,8-10H2,1-2H3. The average Bonchev–Trinajstić information content (AvgIpc) is 3.25. The molecule has 1 saturated heterocycles. The van der Waals surface area contributed by atoms with Crippen molar-refractivity contribution in [3.63, 3.8) is 0 Å².